The summed E-state index contributed by atoms with van der Waals surface area (Å²) in [6.07, 6.45) is 0. The van der Waals surface area contributed by atoms with E-state index >= 15 is 0 Å². The highest BCUT2D eigenvalue weighted by Crippen LogP contribution is 2.21. The number of hydrogen-bond donors (Lipinski definition) is 2. The lowest BCUT2D eigenvalue weighted by Gasteiger charge is -2.36. The van der Waals surface area contributed by atoms with Gasteiger partial charge in [0.1, 0.15) is 11.5 Å². The number of ether oxygens (including phenoxy) is 2. The van der Waals surface area contributed by atoms with Gasteiger partial charge in [-0.3, -0.25) is 14.5 Å². The van der Waals surface area contributed by atoms with Crippen LogP contribution in [0, 0.1) is 5.92 Å². The largest absolute Gasteiger partial charge is 0.457 e. The van der Waals surface area contributed by atoms with Crippen LogP contribution in [0.25, 0.3) is 0 Å². The van der Waals surface area contributed by atoms with Crippen LogP contribution in [0.3, 0.4) is 0 Å². The van der Waals surface area contributed by atoms with Crippen molar-refractivity contribution in [3.63, 3.8) is 0 Å². The molecule has 0 saturated carbocycles. The van der Waals surface area contributed by atoms with E-state index in [4.69, 9.17) is 9.47 Å². The van der Waals surface area contributed by atoms with Crippen molar-refractivity contribution in [2.45, 2.75) is 19.9 Å². The summed E-state index contributed by atoms with van der Waals surface area (Å²) in [6, 6.07) is 16.5. The predicted molar refractivity (Wildman–Crippen MR) is 119 cm³/mol. The van der Waals surface area contributed by atoms with Crippen molar-refractivity contribution in [3.8, 4) is 11.5 Å². The molecule has 3 rings (SSSR count). The van der Waals surface area contributed by atoms with Crippen molar-refractivity contribution in [3.05, 3.63) is 60.2 Å². The van der Waals surface area contributed by atoms with Crippen LogP contribution in [-0.4, -0.2) is 62.1 Å². The first kappa shape index (κ1) is 22.8. The van der Waals surface area contributed by atoms with Crippen molar-refractivity contribution >= 4 is 11.8 Å². The van der Waals surface area contributed by atoms with Crippen molar-refractivity contribution in [1.29, 1.82) is 0 Å². The Hall–Kier alpha value is -2.90. The van der Waals surface area contributed by atoms with E-state index in [1.54, 1.807) is 24.3 Å². The van der Waals surface area contributed by atoms with Crippen LogP contribution in [-0.2, 0) is 9.53 Å². The summed E-state index contributed by atoms with van der Waals surface area (Å²) in [6.45, 7) is 8.00. The lowest BCUT2D eigenvalue weighted by Crippen LogP contribution is -2.52. The summed E-state index contributed by atoms with van der Waals surface area (Å²) in [7, 11) is 0. The number of carbonyl (C=O) groups is 2. The zero-order valence-electron chi connectivity index (χ0n) is 18.2. The van der Waals surface area contributed by atoms with Crippen molar-refractivity contribution in [2.75, 3.05) is 39.4 Å². The van der Waals surface area contributed by atoms with Crippen LogP contribution in [0.4, 0.5) is 0 Å². The lowest BCUT2D eigenvalue weighted by molar-refractivity contribution is -0.120. The average molecular weight is 426 g/mol. The zero-order valence-corrected chi connectivity index (χ0v) is 18.2. The van der Waals surface area contributed by atoms with Gasteiger partial charge in [-0.25, -0.2) is 0 Å². The van der Waals surface area contributed by atoms with Gasteiger partial charge in [0.15, 0.2) is 0 Å². The number of nitrogens with zero attached hydrogens (tertiary/aromatic N) is 1. The summed E-state index contributed by atoms with van der Waals surface area (Å²) in [5.74, 6) is 1.28. The average Bonchev–Trinajstić information content (AvgIpc) is 2.79. The monoisotopic (exact) mass is 425 g/mol. The van der Waals surface area contributed by atoms with Gasteiger partial charge in [0.2, 0.25) is 5.91 Å². The maximum atomic E-state index is 12.4. The fourth-order valence-corrected chi connectivity index (χ4v) is 3.54. The molecule has 1 aliphatic rings. The molecular weight excluding hydrogens is 394 g/mol. The molecule has 0 unspecified atom stereocenters. The fraction of sp³-hybridized carbons (Fsp3) is 0.417. The highest BCUT2D eigenvalue weighted by Gasteiger charge is 2.24. The van der Waals surface area contributed by atoms with Gasteiger partial charge >= 0.3 is 0 Å². The molecule has 2 aromatic carbocycles. The van der Waals surface area contributed by atoms with Gasteiger partial charge in [0.05, 0.1) is 19.8 Å². The van der Waals surface area contributed by atoms with E-state index in [9.17, 15) is 9.59 Å². The van der Waals surface area contributed by atoms with E-state index < -0.39 is 0 Å². The van der Waals surface area contributed by atoms with Crippen molar-refractivity contribution in [1.82, 2.24) is 15.5 Å². The zero-order chi connectivity index (χ0) is 22.1. The molecule has 0 radical (unpaired) electrons. The topological polar surface area (TPSA) is 79.9 Å². The Bertz CT molecular complexity index is 834. The Morgan fingerprint density at radius 2 is 1.61 bits per heavy atom. The first-order valence-corrected chi connectivity index (χ1v) is 10.7. The highest BCUT2D eigenvalue weighted by atomic mass is 16.5. The Morgan fingerprint density at radius 1 is 0.968 bits per heavy atom. The summed E-state index contributed by atoms with van der Waals surface area (Å²) >= 11 is 0. The molecule has 1 heterocycles. The molecule has 7 heteroatoms. The van der Waals surface area contributed by atoms with Gasteiger partial charge < -0.3 is 20.1 Å². The molecule has 2 aromatic rings. The minimum atomic E-state index is -0.296. The molecular formula is C24H31N3O4. The van der Waals surface area contributed by atoms with Gasteiger partial charge in [0, 0.05) is 31.2 Å². The number of para-hydroxylation sites is 1. The van der Waals surface area contributed by atoms with Crippen LogP contribution in [0.2, 0.25) is 0 Å². The molecule has 2 amide bonds. The molecule has 166 valence electrons. The molecule has 2 N–H and O–H groups in total. The SMILES string of the molecule is CC(C)[C@H](CNC(=O)CNC(=O)c1ccc(Oc2ccccc2)cc1)N1CCOCC1. The van der Waals surface area contributed by atoms with Crippen LogP contribution in [0.1, 0.15) is 24.2 Å². The molecule has 0 aromatic heterocycles. The first-order chi connectivity index (χ1) is 15.0. The van der Waals surface area contributed by atoms with Gasteiger partial charge in [-0.2, -0.15) is 0 Å². The van der Waals surface area contributed by atoms with Gasteiger partial charge in [-0.1, -0.05) is 32.0 Å². The summed E-state index contributed by atoms with van der Waals surface area (Å²) in [5.41, 5.74) is 0.474. The number of benzene rings is 2. The third kappa shape index (κ3) is 7.08. The molecule has 1 atom stereocenters. The number of nitrogens with one attached hydrogen (secondary N) is 2. The second kappa shape index (κ2) is 11.5. The van der Waals surface area contributed by atoms with Gasteiger partial charge in [0.25, 0.3) is 5.91 Å². The summed E-state index contributed by atoms with van der Waals surface area (Å²) in [4.78, 5) is 27.0. The number of carbonyl (C=O) groups excluding carboxylic acids is 2. The number of hydrogen-bond acceptors (Lipinski definition) is 5. The maximum absolute atomic E-state index is 12.4. The van der Waals surface area contributed by atoms with Crippen molar-refractivity contribution in [2.24, 2.45) is 5.92 Å². The normalized spacial score (nSPS) is 15.3. The lowest BCUT2D eigenvalue weighted by atomic mass is 10.0. The number of rotatable bonds is 9. The second-order valence-electron chi connectivity index (χ2n) is 7.89. The highest BCUT2D eigenvalue weighted by molar-refractivity contribution is 5.96. The van der Waals surface area contributed by atoms with Crippen LogP contribution in [0.15, 0.2) is 54.6 Å². The van der Waals surface area contributed by atoms with E-state index in [1.807, 2.05) is 30.3 Å². The fourth-order valence-electron chi connectivity index (χ4n) is 3.54. The third-order valence-electron chi connectivity index (χ3n) is 5.30. The number of morpholine rings is 1. The minimum absolute atomic E-state index is 0.0605. The van der Waals surface area contributed by atoms with Crippen LogP contribution < -0.4 is 15.4 Å². The Balaban J connectivity index is 1.43. The Labute approximate surface area is 183 Å². The molecule has 0 spiro atoms. The van der Waals surface area contributed by atoms with E-state index in [1.165, 1.54) is 0 Å². The predicted octanol–water partition coefficient (Wildman–Crippen LogP) is 2.68. The smallest absolute Gasteiger partial charge is 0.251 e. The minimum Gasteiger partial charge on any atom is -0.457 e. The van der Waals surface area contributed by atoms with Crippen molar-refractivity contribution < 1.29 is 19.1 Å². The molecule has 1 fully saturated rings. The maximum Gasteiger partial charge on any atom is 0.251 e. The molecule has 0 aliphatic carbocycles. The second-order valence-corrected chi connectivity index (χ2v) is 7.89. The quantitative estimate of drug-likeness (QED) is 0.646. The third-order valence-corrected chi connectivity index (χ3v) is 5.30. The van der Waals surface area contributed by atoms with E-state index in [2.05, 4.69) is 29.4 Å². The Kier molecular flexibility index (Phi) is 8.44. The van der Waals surface area contributed by atoms with E-state index in [-0.39, 0.29) is 24.4 Å². The standard InChI is InChI=1S/C24H31N3O4/c1-18(2)22(27-12-14-30-15-13-27)16-25-23(28)17-26-24(29)19-8-10-21(11-9-19)31-20-6-4-3-5-7-20/h3-11,18,22H,12-17H2,1-2H3,(H,25,28)(H,26,29)/t22-/m0/s1. The summed E-state index contributed by atoms with van der Waals surface area (Å²) in [5, 5.41) is 5.62. The van der Waals surface area contributed by atoms with E-state index in [0.717, 1.165) is 32.1 Å². The van der Waals surface area contributed by atoms with Gasteiger partial charge in [-0.15, -0.1) is 0 Å². The molecule has 0 bridgehead atoms. The van der Waals surface area contributed by atoms with Crippen LogP contribution in [0.5, 0.6) is 11.5 Å². The van der Waals surface area contributed by atoms with Crippen LogP contribution >= 0.6 is 0 Å². The Morgan fingerprint density at radius 3 is 2.26 bits per heavy atom. The molecule has 1 aliphatic heterocycles. The molecule has 1 saturated heterocycles. The number of amides is 2. The molecule has 31 heavy (non-hydrogen) atoms. The molecule has 7 nitrogen and oxygen atoms in total. The first-order valence-electron chi connectivity index (χ1n) is 10.7. The van der Waals surface area contributed by atoms with Gasteiger partial charge in [-0.05, 0) is 42.3 Å². The summed E-state index contributed by atoms with van der Waals surface area (Å²) < 4.78 is 11.1. The van der Waals surface area contributed by atoms with E-state index in [0.29, 0.717) is 23.8 Å².